The maximum absolute atomic E-state index is 12.3. The van der Waals surface area contributed by atoms with Crippen molar-refractivity contribution in [2.75, 3.05) is 5.32 Å². The number of anilines is 1. The van der Waals surface area contributed by atoms with Crippen LogP contribution in [0.3, 0.4) is 0 Å². The second-order valence-electron chi connectivity index (χ2n) is 7.17. The van der Waals surface area contributed by atoms with Crippen LogP contribution in [0.2, 0.25) is 0 Å². The molecule has 0 radical (unpaired) electrons. The Kier molecular flexibility index (Phi) is 5.56. The van der Waals surface area contributed by atoms with Crippen molar-refractivity contribution in [3.05, 3.63) is 96.2 Å². The number of thioether (sulfide) groups is 1. The van der Waals surface area contributed by atoms with Crippen LogP contribution in [0.25, 0.3) is 10.9 Å². The number of ether oxygens (including phenoxy) is 2. The lowest BCUT2D eigenvalue weighted by molar-refractivity contribution is -0.123. The van der Waals surface area contributed by atoms with E-state index in [4.69, 9.17) is 9.47 Å². The topological polar surface area (TPSA) is 60.5 Å². The van der Waals surface area contributed by atoms with Crippen molar-refractivity contribution >= 4 is 34.3 Å². The van der Waals surface area contributed by atoms with Crippen LogP contribution in [0.5, 0.6) is 5.75 Å². The molecule has 1 unspecified atom stereocenters. The second kappa shape index (κ2) is 8.79. The van der Waals surface area contributed by atoms with Gasteiger partial charge in [0.1, 0.15) is 12.4 Å². The van der Waals surface area contributed by atoms with Crippen LogP contribution in [-0.2, 0) is 22.7 Å². The third-order valence-corrected chi connectivity index (χ3v) is 6.13. The molecule has 5 nitrogen and oxygen atoms in total. The number of pyridine rings is 1. The lowest BCUT2D eigenvalue weighted by Gasteiger charge is -2.24. The number of nitrogens with one attached hydrogen (secondary N) is 1. The first kappa shape index (κ1) is 19.6. The normalized spacial score (nSPS) is 15.4. The molecule has 1 aromatic heterocycles. The molecule has 154 valence electrons. The van der Waals surface area contributed by atoms with E-state index in [0.29, 0.717) is 13.2 Å². The molecule has 5 rings (SSSR count). The highest BCUT2D eigenvalue weighted by molar-refractivity contribution is 8.00. The molecule has 6 heteroatoms. The molecule has 3 aromatic carbocycles. The SMILES string of the molecule is O=C1Nc2ccccc2SC1OCc1ccc(OCc2ccc3ccccc3n2)cc1. The van der Waals surface area contributed by atoms with Crippen molar-refractivity contribution in [3.63, 3.8) is 0 Å². The minimum Gasteiger partial charge on any atom is -0.487 e. The van der Waals surface area contributed by atoms with Gasteiger partial charge in [0, 0.05) is 10.3 Å². The predicted octanol–water partition coefficient (Wildman–Crippen LogP) is 5.40. The van der Waals surface area contributed by atoms with Gasteiger partial charge in [-0.3, -0.25) is 4.79 Å². The molecular formula is C25H20N2O3S. The predicted molar refractivity (Wildman–Crippen MR) is 122 cm³/mol. The van der Waals surface area contributed by atoms with Crippen molar-refractivity contribution < 1.29 is 14.3 Å². The van der Waals surface area contributed by atoms with Gasteiger partial charge in [-0.1, -0.05) is 60.3 Å². The fraction of sp³-hybridized carbons (Fsp3) is 0.120. The fourth-order valence-electron chi connectivity index (χ4n) is 3.34. The summed E-state index contributed by atoms with van der Waals surface area (Å²) < 4.78 is 11.7. The Bertz CT molecular complexity index is 1230. The largest absolute Gasteiger partial charge is 0.487 e. The first-order chi connectivity index (χ1) is 15.2. The smallest absolute Gasteiger partial charge is 0.264 e. The molecular weight excluding hydrogens is 408 g/mol. The Balaban J connectivity index is 1.16. The van der Waals surface area contributed by atoms with E-state index >= 15 is 0 Å². The summed E-state index contributed by atoms with van der Waals surface area (Å²) in [7, 11) is 0. The van der Waals surface area contributed by atoms with Crippen molar-refractivity contribution in [2.24, 2.45) is 0 Å². The summed E-state index contributed by atoms with van der Waals surface area (Å²) in [5, 5.41) is 4.00. The highest BCUT2D eigenvalue weighted by Gasteiger charge is 2.27. The molecule has 1 atom stereocenters. The van der Waals surface area contributed by atoms with E-state index in [1.54, 1.807) is 0 Å². The van der Waals surface area contributed by atoms with Crippen LogP contribution >= 0.6 is 11.8 Å². The van der Waals surface area contributed by atoms with Gasteiger partial charge in [0.05, 0.1) is 23.5 Å². The molecule has 4 aromatic rings. The highest BCUT2D eigenvalue weighted by atomic mass is 32.2. The zero-order valence-electron chi connectivity index (χ0n) is 16.7. The van der Waals surface area contributed by atoms with Crippen molar-refractivity contribution in [1.29, 1.82) is 0 Å². The van der Waals surface area contributed by atoms with Crippen LogP contribution in [0.1, 0.15) is 11.3 Å². The van der Waals surface area contributed by atoms with Crippen molar-refractivity contribution in [2.45, 2.75) is 23.5 Å². The summed E-state index contributed by atoms with van der Waals surface area (Å²) in [5.74, 6) is 0.629. The van der Waals surface area contributed by atoms with E-state index < -0.39 is 5.44 Å². The quantitative estimate of drug-likeness (QED) is 0.446. The van der Waals surface area contributed by atoms with Crippen LogP contribution in [-0.4, -0.2) is 16.3 Å². The number of fused-ring (bicyclic) bond motifs is 2. The van der Waals surface area contributed by atoms with Crippen LogP contribution < -0.4 is 10.1 Å². The van der Waals surface area contributed by atoms with Gasteiger partial charge >= 0.3 is 0 Å². The van der Waals surface area contributed by atoms with Crippen LogP contribution in [0.4, 0.5) is 5.69 Å². The van der Waals surface area contributed by atoms with Crippen LogP contribution in [0, 0.1) is 0 Å². The number of amides is 1. The van der Waals surface area contributed by atoms with Gasteiger partial charge in [0.2, 0.25) is 0 Å². The Hall–Kier alpha value is -3.35. The first-order valence-corrected chi connectivity index (χ1v) is 10.9. The zero-order valence-corrected chi connectivity index (χ0v) is 17.5. The van der Waals surface area contributed by atoms with Crippen molar-refractivity contribution in [3.8, 4) is 5.75 Å². The summed E-state index contributed by atoms with van der Waals surface area (Å²) in [6, 6.07) is 27.5. The Morgan fingerprint density at radius 3 is 2.58 bits per heavy atom. The average molecular weight is 429 g/mol. The lowest BCUT2D eigenvalue weighted by Crippen LogP contribution is -2.31. The van der Waals surface area contributed by atoms with E-state index in [1.807, 2.05) is 78.9 Å². The van der Waals surface area contributed by atoms with Crippen molar-refractivity contribution in [1.82, 2.24) is 4.98 Å². The minimum absolute atomic E-state index is 0.133. The molecule has 0 bridgehead atoms. The maximum atomic E-state index is 12.3. The average Bonchev–Trinajstić information content (AvgIpc) is 2.82. The summed E-state index contributed by atoms with van der Waals surface area (Å²) in [6.45, 7) is 0.749. The minimum atomic E-state index is -0.565. The van der Waals surface area contributed by atoms with Crippen LogP contribution in [0.15, 0.2) is 89.8 Å². The van der Waals surface area contributed by atoms with Gasteiger partial charge in [-0.25, -0.2) is 4.98 Å². The monoisotopic (exact) mass is 428 g/mol. The summed E-state index contributed by atoms with van der Waals surface area (Å²) in [4.78, 5) is 17.9. The van der Waals surface area contributed by atoms with Gasteiger partial charge in [0.25, 0.3) is 5.91 Å². The van der Waals surface area contributed by atoms with E-state index in [9.17, 15) is 4.79 Å². The number of hydrogen-bond acceptors (Lipinski definition) is 5. The Morgan fingerprint density at radius 2 is 1.68 bits per heavy atom. The molecule has 0 saturated heterocycles. The molecule has 0 spiro atoms. The van der Waals surface area contributed by atoms with E-state index in [-0.39, 0.29) is 5.91 Å². The number of hydrogen-bond donors (Lipinski definition) is 1. The lowest BCUT2D eigenvalue weighted by atomic mass is 10.2. The van der Waals surface area contributed by atoms with Gasteiger partial charge < -0.3 is 14.8 Å². The summed E-state index contributed by atoms with van der Waals surface area (Å²) in [6.07, 6.45) is 0. The standard InChI is InChI=1S/C25H20N2O3S/c28-24-25(31-23-8-4-3-7-22(23)27-24)30-15-17-9-13-20(14-10-17)29-16-19-12-11-18-5-1-2-6-21(18)26-19/h1-14,25H,15-16H2,(H,27,28). The number of benzene rings is 3. The second-order valence-corrected chi connectivity index (χ2v) is 8.28. The fourth-order valence-corrected chi connectivity index (χ4v) is 4.28. The number of aromatic nitrogens is 1. The third-order valence-electron chi connectivity index (χ3n) is 4.96. The first-order valence-electron chi connectivity index (χ1n) is 9.99. The molecule has 31 heavy (non-hydrogen) atoms. The number of rotatable bonds is 6. The Morgan fingerprint density at radius 1 is 0.871 bits per heavy atom. The van der Waals surface area contributed by atoms with Gasteiger partial charge in [-0.15, -0.1) is 0 Å². The maximum Gasteiger partial charge on any atom is 0.264 e. The van der Waals surface area contributed by atoms with Gasteiger partial charge in [0.15, 0.2) is 5.44 Å². The number of carbonyl (C=O) groups is 1. The number of para-hydroxylation sites is 2. The van der Waals surface area contributed by atoms with E-state index in [1.165, 1.54) is 11.8 Å². The molecule has 1 N–H and O–H groups in total. The van der Waals surface area contributed by atoms with Gasteiger partial charge in [-0.05, 0) is 42.0 Å². The molecule has 1 aliphatic rings. The summed E-state index contributed by atoms with van der Waals surface area (Å²) >= 11 is 1.43. The molecule has 1 amide bonds. The molecule has 0 saturated carbocycles. The third kappa shape index (κ3) is 4.55. The molecule has 1 aliphatic heterocycles. The molecule has 0 fully saturated rings. The van der Waals surface area contributed by atoms with E-state index in [2.05, 4.69) is 16.4 Å². The number of carbonyl (C=O) groups excluding carboxylic acids is 1. The Labute approximate surface area is 184 Å². The molecule has 2 heterocycles. The summed E-state index contributed by atoms with van der Waals surface area (Å²) in [5.41, 5.74) is 3.09. The number of nitrogens with zero attached hydrogens (tertiary/aromatic N) is 1. The van der Waals surface area contributed by atoms with E-state index in [0.717, 1.165) is 38.5 Å². The molecule has 0 aliphatic carbocycles. The van der Waals surface area contributed by atoms with Gasteiger partial charge in [-0.2, -0.15) is 0 Å². The zero-order chi connectivity index (χ0) is 21.0. The highest BCUT2D eigenvalue weighted by Crippen LogP contribution is 2.36.